The minimum Gasteiger partial charge on any atom is -0.457 e. The van der Waals surface area contributed by atoms with Gasteiger partial charge in [0.1, 0.15) is 17.2 Å². The first-order valence-electron chi connectivity index (χ1n) is 10.7. The molecule has 0 radical (unpaired) electrons. The quantitative estimate of drug-likeness (QED) is 0.339. The highest BCUT2D eigenvalue weighted by atomic mass is 32.2. The van der Waals surface area contributed by atoms with E-state index in [9.17, 15) is 13.5 Å². The topological polar surface area (TPSA) is 125 Å². The monoisotopic (exact) mass is 467 g/mol. The highest BCUT2D eigenvalue weighted by molar-refractivity contribution is 7.91. The maximum atomic E-state index is 12.1. The summed E-state index contributed by atoms with van der Waals surface area (Å²) >= 11 is 0. The summed E-state index contributed by atoms with van der Waals surface area (Å²) in [5.41, 5.74) is 2.57. The molecule has 4 aromatic rings. The first kappa shape index (κ1) is 22.9. The van der Waals surface area contributed by atoms with Crippen molar-refractivity contribution in [2.24, 2.45) is 0 Å². The molecule has 2 heterocycles. The van der Waals surface area contributed by atoms with Crippen molar-refractivity contribution in [1.82, 2.24) is 15.0 Å². The van der Waals surface area contributed by atoms with Crippen molar-refractivity contribution >= 4 is 20.9 Å². The number of fused-ring (bicyclic) bond motifs is 1. The molecule has 0 amide bonds. The molecule has 1 atom stereocenters. The maximum absolute atomic E-state index is 12.1. The van der Waals surface area contributed by atoms with Crippen LogP contribution in [0.2, 0.25) is 0 Å². The summed E-state index contributed by atoms with van der Waals surface area (Å²) < 4.78 is 30.2. The number of hydrogen-bond acceptors (Lipinski definition) is 7. The van der Waals surface area contributed by atoms with Gasteiger partial charge in [0, 0.05) is 24.4 Å². The van der Waals surface area contributed by atoms with Crippen LogP contribution in [-0.2, 0) is 9.84 Å². The Bertz CT molecular complexity index is 1340. The van der Waals surface area contributed by atoms with Gasteiger partial charge >= 0.3 is 0 Å². The molecule has 2 aromatic carbocycles. The molecule has 172 valence electrons. The van der Waals surface area contributed by atoms with E-state index >= 15 is 0 Å². The molecule has 3 N–H and O–H groups in total. The molecule has 0 saturated heterocycles. The standard InChI is InChI=1S/C24H25N3O5S/c1-2-33(30,31)17-10-8-16(9-11-17)32-23-15-21-20(14-18(23)22(29)7-5-13-28)26-24(27-21)19-6-3-4-12-25-19/h3-4,6,8-12,14-15,22,28-29H,2,5,7,13H2,1H3,(H,26,27). The van der Waals surface area contributed by atoms with Gasteiger partial charge in [0.2, 0.25) is 0 Å². The number of sulfone groups is 1. The predicted octanol–water partition coefficient (Wildman–Crippen LogP) is 4.02. The lowest BCUT2D eigenvalue weighted by molar-refractivity contribution is 0.149. The molecule has 8 nitrogen and oxygen atoms in total. The van der Waals surface area contributed by atoms with Crippen LogP contribution < -0.4 is 4.74 Å². The molecule has 0 fully saturated rings. The maximum Gasteiger partial charge on any atom is 0.178 e. The molecule has 33 heavy (non-hydrogen) atoms. The lowest BCUT2D eigenvalue weighted by atomic mass is 10.0. The number of rotatable bonds is 9. The average molecular weight is 468 g/mol. The summed E-state index contributed by atoms with van der Waals surface area (Å²) in [5, 5.41) is 19.9. The third-order valence-electron chi connectivity index (χ3n) is 5.31. The van der Waals surface area contributed by atoms with Crippen LogP contribution in [0, 0.1) is 0 Å². The minimum absolute atomic E-state index is 0.0167. The largest absolute Gasteiger partial charge is 0.457 e. The summed E-state index contributed by atoms with van der Waals surface area (Å²) in [6.07, 6.45) is 1.61. The predicted molar refractivity (Wildman–Crippen MR) is 125 cm³/mol. The van der Waals surface area contributed by atoms with Gasteiger partial charge in [0.05, 0.1) is 27.8 Å². The van der Waals surface area contributed by atoms with Crippen molar-refractivity contribution in [3.63, 3.8) is 0 Å². The smallest absolute Gasteiger partial charge is 0.178 e. The Balaban J connectivity index is 1.72. The van der Waals surface area contributed by atoms with Crippen molar-refractivity contribution < 1.29 is 23.4 Å². The zero-order valence-corrected chi connectivity index (χ0v) is 18.9. The number of nitrogens with one attached hydrogen (secondary N) is 1. The van der Waals surface area contributed by atoms with Gasteiger partial charge in [-0.15, -0.1) is 0 Å². The summed E-state index contributed by atoms with van der Waals surface area (Å²) in [6, 6.07) is 15.2. The van der Waals surface area contributed by atoms with E-state index in [2.05, 4.69) is 15.0 Å². The normalized spacial score (nSPS) is 12.7. The number of aliphatic hydroxyl groups is 2. The summed E-state index contributed by atoms with van der Waals surface area (Å²) in [6.45, 7) is 1.56. The van der Waals surface area contributed by atoms with E-state index in [0.717, 1.165) is 0 Å². The van der Waals surface area contributed by atoms with Crippen LogP contribution >= 0.6 is 0 Å². The van der Waals surface area contributed by atoms with Gasteiger partial charge in [0.25, 0.3) is 0 Å². The van der Waals surface area contributed by atoms with E-state index in [0.29, 0.717) is 52.5 Å². The fourth-order valence-corrected chi connectivity index (χ4v) is 4.36. The van der Waals surface area contributed by atoms with E-state index < -0.39 is 15.9 Å². The summed E-state index contributed by atoms with van der Waals surface area (Å²) in [5.74, 6) is 1.44. The van der Waals surface area contributed by atoms with Gasteiger partial charge in [-0.1, -0.05) is 13.0 Å². The Morgan fingerprint density at radius 3 is 2.58 bits per heavy atom. The number of nitrogens with zero attached hydrogens (tertiary/aromatic N) is 2. The Labute approximate surface area is 191 Å². The van der Waals surface area contributed by atoms with Crippen LogP contribution in [0.25, 0.3) is 22.6 Å². The van der Waals surface area contributed by atoms with Crippen molar-refractivity contribution in [1.29, 1.82) is 0 Å². The lowest BCUT2D eigenvalue weighted by Gasteiger charge is -2.16. The molecule has 0 saturated carbocycles. The molecule has 0 aliphatic heterocycles. The third kappa shape index (κ3) is 5.05. The number of imidazole rings is 1. The lowest BCUT2D eigenvalue weighted by Crippen LogP contribution is -2.04. The van der Waals surface area contributed by atoms with Crippen LogP contribution in [0.5, 0.6) is 11.5 Å². The number of hydrogen-bond donors (Lipinski definition) is 3. The first-order chi connectivity index (χ1) is 15.9. The minimum atomic E-state index is -3.31. The highest BCUT2D eigenvalue weighted by Crippen LogP contribution is 2.36. The Hall–Kier alpha value is -3.27. The van der Waals surface area contributed by atoms with Gasteiger partial charge in [-0.3, -0.25) is 4.98 Å². The second-order valence-corrected chi connectivity index (χ2v) is 9.84. The van der Waals surface area contributed by atoms with Crippen LogP contribution in [0.1, 0.15) is 31.4 Å². The van der Waals surface area contributed by atoms with E-state index in [-0.39, 0.29) is 17.3 Å². The van der Waals surface area contributed by atoms with Gasteiger partial charge < -0.3 is 19.9 Å². The fourth-order valence-electron chi connectivity index (χ4n) is 3.48. The first-order valence-corrected chi connectivity index (χ1v) is 12.3. The number of aliphatic hydroxyl groups excluding tert-OH is 2. The van der Waals surface area contributed by atoms with E-state index in [4.69, 9.17) is 9.84 Å². The number of aromatic amines is 1. The van der Waals surface area contributed by atoms with Gasteiger partial charge in [-0.25, -0.2) is 13.4 Å². The Morgan fingerprint density at radius 2 is 1.91 bits per heavy atom. The third-order valence-corrected chi connectivity index (χ3v) is 7.06. The summed E-state index contributed by atoms with van der Waals surface area (Å²) in [7, 11) is -3.31. The van der Waals surface area contributed by atoms with E-state index in [1.54, 1.807) is 37.4 Å². The number of H-pyrrole nitrogens is 1. The molecule has 4 rings (SSSR count). The highest BCUT2D eigenvalue weighted by Gasteiger charge is 2.19. The Morgan fingerprint density at radius 1 is 1.12 bits per heavy atom. The van der Waals surface area contributed by atoms with E-state index in [1.807, 2.05) is 18.2 Å². The average Bonchev–Trinajstić information content (AvgIpc) is 3.26. The molecule has 9 heteroatoms. The number of ether oxygens (including phenoxy) is 1. The SMILES string of the molecule is CCS(=O)(=O)c1ccc(Oc2cc3nc(-c4ccccn4)[nH]c3cc2C(O)CCCO)cc1. The van der Waals surface area contributed by atoms with Crippen LogP contribution in [-0.4, -0.2) is 45.9 Å². The molecule has 0 bridgehead atoms. The number of pyridine rings is 1. The molecule has 1 unspecified atom stereocenters. The molecule has 0 aliphatic carbocycles. The molecule has 0 spiro atoms. The number of benzene rings is 2. The van der Waals surface area contributed by atoms with Crippen molar-refractivity contribution in [3.8, 4) is 23.0 Å². The van der Waals surface area contributed by atoms with Crippen LogP contribution in [0.4, 0.5) is 0 Å². The Kier molecular flexibility index (Phi) is 6.73. The van der Waals surface area contributed by atoms with Crippen molar-refractivity contribution in [3.05, 3.63) is 66.4 Å². The van der Waals surface area contributed by atoms with Crippen molar-refractivity contribution in [2.75, 3.05) is 12.4 Å². The molecule has 0 aliphatic rings. The molecular formula is C24H25N3O5S. The zero-order valence-electron chi connectivity index (χ0n) is 18.1. The van der Waals surface area contributed by atoms with Gasteiger partial charge in [0.15, 0.2) is 15.7 Å². The molecular weight excluding hydrogens is 442 g/mol. The fraction of sp³-hybridized carbons (Fsp3) is 0.250. The van der Waals surface area contributed by atoms with Crippen LogP contribution in [0.15, 0.2) is 65.7 Å². The second kappa shape index (κ2) is 9.70. The molecule has 2 aromatic heterocycles. The number of aromatic nitrogens is 3. The van der Waals surface area contributed by atoms with Crippen molar-refractivity contribution in [2.45, 2.75) is 30.8 Å². The zero-order chi connectivity index (χ0) is 23.4. The van der Waals surface area contributed by atoms with Gasteiger partial charge in [-0.05, 0) is 55.3 Å². The second-order valence-electron chi connectivity index (χ2n) is 7.57. The summed E-state index contributed by atoms with van der Waals surface area (Å²) in [4.78, 5) is 12.4. The van der Waals surface area contributed by atoms with E-state index in [1.165, 1.54) is 12.1 Å². The van der Waals surface area contributed by atoms with Gasteiger partial charge in [-0.2, -0.15) is 0 Å². The van der Waals surface area contributed by atoms with Crippen LogP contribution in [0.3, 0.4) is 0 Å².